The molecule has 2 aliphatic rings. The van der Waals surface area contributed by atoms with Gasteiger partial charge in [0.1, 0.15) is 12.4 Å². The topological polar surface area (TPSA) is 117 Å². The van der Waals surface area contributed by atoms with Crippen LogP contribution in [0.3, 0.4) is 0 Å². The number of hydrogen-bond acceptors (Lipinski definition) is 6. The highest BCUT2D eigenvalue weighted by molar-refractivity contribution is 7.91. The number of hydrogen-bond donors (Lipinski definition) is 1. The summed E-state index contributed by atoms with van der Waals surface area (Å²) in [5, 5.41) is 11.2. The lowest BCUT2D eigenvalue weighted by molar-refractivity contribution is -0.135. The fourth-order valence-electron chi connectivity index (χ4n) is 3.05. The molecule has 1 atom stereocenters. The van der Waals surface area contributed by atoms with E-state index in [1.54, 1.807) is 23.1 Å². The highest BCUT2D eigenvalue weighted by atomic mass is 32.2. The summed E-state index contributed by atoms with van der Waals surface area (Å²) in [5.74, 6) is -0.318. The zero-order valence-corrected chi connectivity index (χ0v) is 14.9. The summed E-state index contributed by atoms with van der Waals surface area (Å²) in [6.07, 6.45) is 0.468. The normalized spacial score (nSPS) is 20.0. The highest BCUT2D eigenvalue weighted by Crippen LogP contribution is 2.28. The van der Waals surface area contributed by atoms with Gasteiger partial charge in [0.2, 0.25) is 5.91 Å². The molecule has 2 aliphatic heterocycles. The third kappa shape index (κ3) is 3.96. The molecule has 8 nitrogen and oxygen atoms in total. The monoisotopic (exact) mass is 377 g/mol. The van der Waals surface area contributed by atoms with E-state index in [0.29, 0.717) is 32.5 Å². The molecule has 0 bridgehead atoms. The van der Waals surface area contributed by atoms with Crippen LogP contribution in [0.4, 0.5) is 4.79 Å². The second-order valence-electron chi connectivity index (χ2n) is 6.46. The van der Waals surface area contributed by atoms with E-state index < -0.39 is 21.7 Å². The van der Waals surface area contributed by atoms with Crippen LogP contribution in [0.2, 0.25) is 0 Å². The fraction of sp³-hybridized carbons (Fsp3) is 0.471. The van der Waals surface area contributed by atoms with Gasteiger partial charge in [-0.25, -0.2) is 13.2 Å². The van der Waals surface area contributed by atoms with Gasteiger partial charge in [-0.15, -0.1) is 0 Å². The zero-order valence-electron chi connectivity index (χ0n) is 14.1. The van der Waals surface area contributed by atoms with Crippen LogP contribution in [0.25, 0.3) is 0 Å². The van der Waals surface area contributed by atoms with Gasteiger partial charge in [-0.1, -0.05) is 12.1 Å². The van der Waals surface area contributed by atoms with Crippen molar-refractivity contribution in [2.24, 2.45) is 0 Å². The quantitative estimate of drug-likeness (QED) is 0.784. The Kier molecular flexibility index (Phi) is 5.13. The maximum absolute atomic E-state index is 12.2. The number of ether oxygens (including phenoxy) is 1. The Morgan fingerprint density at radius 2 is 2.00 bits per heavy atom. The molecule has 26 heavy (non-hydrogen) atoms. The second kappa shape index (κ2) is 7.33. The van der Waals surface area contributed by atoms with E-state index in [9.17, 15) is 18.0 Å². The summed E-state index contributed by atoms with van der Waals surface area (Å²) in [4.78, 5) is 25.0. The van der Waals surface area contributed by atoms with Gasteiger partial charge < -0.3 is 15.0 Å². The molecule has 3 rings (SSSR count). The Labute approximate surface area is 151 Å². The first-order valence-corrected chi connectivity index (χ1v) is 9.95. The van der Waals surface area contributed by atoms with Crippen LogP contribution in [-0.2, 0) is 19.4 Å². The van der Waals surface area contributed by atoms with E-state index >= 15 is 0 Å². The summed E-state index contributed by atoms with van der Waals surface area (Å²) in [7, 11) is -3.55. The lowest BCUT2D eigenvalue weighted by atomic mass is 9.91. The lowest BCUT2D eigenvalue weighted by Crippen LogP contribution is -2.48. The van der Waals surface area contributed by atoms with E-state index in [2.05, 4.69) is 5.32 Å². The number of nitriles is 1. The Bertz CT molecular complexity index is 838. The molecule has 9 heteroatoms. The minimum Gasteiger partial charge on any atom is -0.447 e. The molecule has 2 saturated heterocycles. The van der Waals surface area contributed by atoms with Gasteiger partial charge >= 0.3 is 6.09 Å². The maximum atomic E-state index is 12.2. The number of carbonyl (C=O) groups excluding carboxylic acids is 2. The molecule has 1 N–H and O–H groups in total. The Balaban J connectivity index is 1.48. The molecule has 0 saturated carbocycles. The standard InChI is InChI=1S/C17H19N3O5S/c18-7-8-26(23,24)15-4-1-12(2-5-15)13-9-20(10-13)16(21)6-3-14-11-25-17(22)19-14/h1-2,4-5,13-14H,3,6,8-11H2,(H,19,22)/t14-/m1/s1. The van der Waals surface area contributed by atoms with Crippen molar-refractivity contribution in [2.45, 2.75) is 29.7 Å². The minimum atomic E-state index is -3.55. The molecule has 0 unspecified atom stereocenters. The summed E-state index contributed by atoms with van der Waals surface area (Å²) in [6.45, 7) is 1.49. The predicted molar refractivity (Wildman–Crippen MR) is 90.9 cm³/mol. The number of carbonyl (C=O) groups is 2. The van der Waals surface area contributed by atoms with E-state index in [-0.39, 0.29) is 22.8 Å². The lowest BCUT2D eigenvalue weighted by Gasteiger charge is -2.40. The van der Waals surface area contributed by atoms with Crippen molar-refractivity contribution in [2.75, 3.05) is 25.4 Å². The third-order valence-electron chi connectivity index (χ3n) is 4.64. The van der Waals surface area contributed by atoms with Crippen molar-refractivity contribution < 1.29 is 22.7 Å². The SMILES string of the molecule is N#CCS(=O)(=O)c1ccc(C2CN(C(=O)CC[C@@H]3COC(=O)N3)C2)cc1. The zero-order chi connectivity index (χ0) is 18.7. The highest BCUT2D eigenvalue weighted by Gasteiger charge is 2.32. The molecule has 1 aromatic carbocycles. The van der Waals surface area contributed by atoms with Crippen LogP contribution >= 0.6 is 0 Å². The van der Waals surface area contributed by atoms with Crippen LogP contribution < -0.4 is 5.32 Å². The number of amides is 2. The van der Waals surface area contributed by atoms with Gasteiger partial charge in [0.25, 0.3) is 0 Å². The molecule has 0 aliphatic carbocycles. The van der Waals surface area contributed by atoms with Crippen molar-refractivity contribution in [1.29, 1.82) is 5.26 Å². The molecule has 1 aromatic rings. The van der Waals surface area contributed by atoms with Crippen molar-refractivity contribution in [3.8, 4) is 6.07 Å². The van der Waals surface area contributed by atoms with E-state index in [1.807, 2.05) is 0 Å². The summed E-state index contributed by atoms with van der Waals surface area (Å²) >= 11 is 0. The van der Waals surface area contributed by atoms with Gasteiger partial charge in [0.15, 0.2) is 9.84 Å². The minimum absolute atomic E-state index is 0.0376. The van der Waals surface area contributed by atoms with Gasteiger partial charge in [-0.2, -0.15) is 5.26 Å². The van der Waals surface area contributed by atoms with Gasteiger partial charge in [-0.3, -0.25) is 4.79 Å². The maximum Gasteiger partial charge on any atom is 0.407 e. The second-order valence-corrected chi connectivity index (χ2v) is 8.45. The molecule has 0 radical (unpaired) electrons. The van der Waals surface area contributed by atoms with Gasteiger partial charge in [0.05, 0.1) is 17.0 Å². The first kappa shape index (κ1) is 18.2. The first-order valence-electron chi connectivity index (χ1n) is 8.30. The molecule has 0 spiro atoms. The number of benzene rings is 1. The average molecular weight is 377 g/mol. The van der Waals surface area contributed by atoms with Gasteiger partial charge in [0, 0.05) is 25.4 Å². The number of rotatable bonds is 6. The summed E-state index contributed by atoms with van der Waals surface area (Å²) in [6, 6.07) is 8.05. The Hall–Kier alpha value is -2.60. The molecular formula is C17H19N3O5S. The van der Waals surface area contributed by atoms with E-state index in [0.717, 1.165) is 5.56 Å². The largest absolute Gasteiger partial charge is 0.447 e. The van der Waals surface area contributed by atoms with Crippen molar-refractivity contribution in [3.05, 3.63) is 29.8 Å². The van der Waals surface area contributed by atoms with E-state index in [1.165, 1.54) is 12.1 Å². The fourth-order valence-corrected chi connectivity index (χ4v) is 3.93. The number of likely N-dealkylation sites (tertiary alicyclic amines) is 1. The summed E-state index contributed by atoms with van der Waals surface area (Å²) in [5.41, 5.74) is 0.974. The summed E-state index contributed by atoms with van der Waals surface area (Å²) < 4.78 is 28.4. The molecular weight excluding hydrogens is 358 g/mol. The average Bonchev–Trinajstić information content (AvgIpc) is 2.97. The Morgan fingerprint density at radius 1 is 1.31 bits per heavy atom. The molecule has 138 valence electrons. The van der Waals surface area contributed by atoms with Gasteiger partial charge in [-0.05, 0) is 24.1 Å². The van der Waals surface area contributed by atoms with Crippen LogP contribution in [0.1, 0.15) is 24.3 Å². The molecule has 0 aromatic heterocycles. The number of nitrogens with zero attached hydrogens (tertiary/aromatic N) is 2. The third-order valence-corrected chi connectivity index (χ3v) is 6.14. The molecule has 2 amide bonds. The van der Waals surface area contributed by atoms with E-state index in [4.69, 9.17) is 10.00 Å². The van der Waals surface area contributed by atoms with Crippen LogP contribution in [0.5, 0.6) is 0 Å². The number of sulfone groups is 1. The van der Waals surface area contributed by atoms with Crippen molar-refractivity contribution in [1.82, 2.24) is 10.2 Å². The molecule has 2 fully saturated rings. The smallest absolute Gasteiger partial charge is 0.407 e. The predicted octanol–water partition coefficient (Wildman–Crippen LogP) is 0.798. The van der Waals surface area contributed by atoms with Crippen molar-refractivity contribution >= 4 is 21.8 Å². The number of alkyl carbamates (subject to hydrolysis) is 1. The van der Waals surface area contributed by atoms with Crippen LogP contribution in [-0.4, -0.2) is 56.8 Å². The van der Waals surface area contributed by atoms with Crippen molar-refractivity contribution in [3.63, 3.8) is 0 Å². The number of cyclic esters (lactones) is 1. The Morgan fingerprint density at radius 3 is 2.58 bits per heavy atom. The number of nitrogens with one attached hydrogen (secondary N) is 1. The molecule has 2 heterocycles. The van der Waals surface area contributed by atoms with Crippen LogP contribution in [0, 0.1) is 11.3 Å². The van der Waals surface area contributed by atoms with Crippen LogP contribution in [0.15, 0.2) is 29.2 Å². The first-order chi connectivity index (χ1) is 12.4.